The molecule has 1 atom stereocenters. The Bertz CT molecular complexity index is 1390. The second-order valence-corrected chi connectivity index (χ2v) is 9.46. The zero-order valence-corrected chi connectivity index (χ0v) is 20.9. The lowest BCUT2D eigenvalue weighted by Crippen LogP contribution is -2.44. The van der Waals surface area contributed by atoms with Crippen molar-refractivity contribution in [2.75, 3.05) is 13.7 Å². The molecule has 2 heterocycles. The lowest BCUT2D eigenvalue weighted by atomic mass is 10.2. The molecule has 194 valence electrons. The third kappa shape index (κ3) is 5.91. The lowest BCUT2D eigenvalue weighted by Gasteiger charge is -2.27. The zero-order valence-electron chi connectivity index (χ0n) is 20.9. The molecule has 0 spiro atoms. The maximum Gasteiger partial charge on any atom is 0.411 e. The number of likely N-dealkylation sites (tertiary alicyclic amines) is 1. The van der Waals surface area contributed by atoms with Gasteiger partial charge in [-0.2, -0.15) is 0 Å². The summed E-state index contributed by atoms with van der Waals surface area (Å²) in [6, 6.07) is 9.69. The quantitative estimate of drug-likeness (QED) is 0.356. The second kappa shape index (κ2) is 10.3. The summed E-state index contributed by atoms with van der Waals surface area (Å²) in [7, 11) is 1.28. The highest BCUT2D eigenvalue weighted by atomic mass is 16.6. The molecule has 4 rings (SSSR count). The van der Waals surface area contributed by atoms with Crippen molar-refractivity contribution in [2.24, 2.45) is 0 Å². The smallest absolute Gasteiger partial charge is 0.411 e. The number of esters is 2. The maximum atomic E-state index is 12.9. The second-order valence-electron chi connectivity index (χ2n) is 9.46. The van der Waals surface area contributed by atoms with E-state index in [2.05, 4.69) is 4.74 Å². The van der Waals surface area contributed by atoms with Crippen molar-refractivity contribution in [2.45, 2.75) is 45.3 Å². The van der Waals surface area contributed by atoms with Crippen molar-refractivity contribution in [3.63, 3.8) is 0 Å². The van der Waals surface area contributed by atoms with Gasteiger partial charge in [0.15, 0.2) is 0 Å². The maximum absolute atomic E-state index is 12.9. The van der Waals surface area contributed by atoms with Gasteiger partial charge in [-0.05, 0) is 70.0 Å². The van der Waals surface area contributed by atoms with Gasteiger partial charge in [-0.1, -0.05) is 0 Å². The van der Waals surface area contributed by atoms with E-state index in [-0.39, 0.29) is 22.5 Å². The summed E-state index contributed by atoms with van der Waals surface area (Å²) < 4.78 is 26.7. The molecular formula is C27H27NO9. The molecule has 1 fully saturated rings. The van der Waals surface area contributed by atoms with E-state index in [0.717, 1.165) is 6.26 Å². The summed E-state index contributed by atoms with van der Waals surface area (Å²) in [5, 5.41) is 0.222. The summed E-state index contributed by atoms with van der Waals surface area (Å²) in [6.45, 7) is 5.67. The van der Waals surface area contributed by atoms with E-state index in [9.17, 15) is 19.2 Å². The minimum absolute atomic E-state index is 0.0537. The summed E-state index contributed by atoms with van der Waals surface area (Å²) in [4.78, 5) is 51.1. The molecule has 0 unspecified atom stereocenters. The third-order valence-corrected chi connectivity index (χ3v) is 5.59. The number of nitrogens with zero attached hydrogens (tertiary/aromatic N) is 1. The fraction of sp³-hybridized carbons (Fsp3) is 0.333. The number of hydrogen-bond acceptors (Lipinski definition) is 9. The predicted molar refractivity (Wildman–Crippen MR) is 132 cm³/mol. The molecule has 0 bridgehead atoms. The molecule has 1 saturated heterocycles. The molecule has 0 saturated carbocycles. The summed E-state index contributed by atoms with van der Waals surface area (Å²) in [5.74, 6) is -0.638. The SMILES string of the molecule is COC(=O)c1ccc(Oc2coc3cc(OC(=O)[C@H]4CCCN4C(=O)OC(C)(C)C)ccc3c2=O)cc1. The van der Waals surface area contributed by atoms with Gasteiger partial charge in [0.1, 0.15) is 35.0 Å². The van der Waals surface area contributed by atoms with Gasteiger partial charge in [0.2, 0.25) is 11.2 Å². The topological polar surface area (TPSA) is 122 Å². The number of carbonyl (C=O) groups excluding carboxylic acids is 3. The fourth-order valence-electron chi connectivity index (χ4n) is 3.86. The van der Waals surface area contributed by atoms with Gasteiger partial charge in [0.05, 0.1) is 18.1 Å². The summed E-state index contributed by atoms with van der Waals surface area (Å²) in [5.41, 5.74) is -0.574. The van der Waals surface area contributed by atoms with Gasteiger partial charge < -0.3 is 23.4 Å². The molecule has 10 nitrogen and oxygen atoms in total. The number of methoxy groups -OCH3 is 1. The van der Waals surface area contributed by atoms with Crippen LogP contribution < -0.4 is 14.9 Å². The zero-order chi connectivity index (χ0) is 26.7. The summed E-state index contributed by atoms with van der Waals surface area (Å²) >= 11 is 0. The molecule has 10 heteroatoms. The van der Waals surface area contributed by atoms with E-state index in [0.29, 0.717) is 30.7 Å². The molecule has 1 aliphatic heterocycles. The molecule has 1 amide bonds. The Kier molecular flexibility index (Phi) is 7.19. The number of carbonyl (C=O) groups is 3. The molecular weight excluding hydrogens is 482 g/mol. The average molecular weight is 510 g/mol. The highest BCUT2D eigenvalue weighted by Gasteiger charge is 2.38. The Balaban J connectivity index is 1.47. The van der Waals surface area contributed by atoms with Gasteiger partial charge in [-0.15, -0.1) is 0 Å². The van der Waals surface area contributed by atoms with Crippen molar-refractivity contribution < 1.29 is 37.7 Å². The van der Waals surface area contributed by atoms with Gasteiger partial charge in [-0.3, -0.25) is 9.69 Å². The van der Waals surface area contributed by atoms with Crippen molar-refractivity contribution in [1.29, 1.82) is 0 Å². The van der Waals surface area contributed by atoms with Gasteiger partial charge >= 0.3 is 18.0 Å². The Morgan fingerprint density at radius 2 is 1.73 bits per heavy atom. The van der Waals surface area contributed by atoms with Gasteiger partial charge in [-0.25, -0.2) is 14.4 Å². The largest absolute Gasteiger partial charge is 0.465 e. The first-order chi connectivity index (χ1) is 17.6. The number of rotatable bonds is 5. The third-order valence-electron chi connectivity index (χ3n) is 5.59. The van der Waals surface area contributed by atoms with Gasteiger partial charge in [0, 0.05) is 12.6 Å². The molecule has 0 aliphatic carbocycles. The number of fused-ring (bicyclic) bond motifs is 1. The number of hydrogen-bond donors (Lipinski definition) is 0. The highest BCUT2D eigenvalue weighted by molar-refractivity contribution is 5.89. The number of amides is 1. The van der Waals surface area contributed by atoms with Crippen LogP contribution in [0, 0.1) is 0 Å². The van der Waals surface area contributed by atoms with Crippen molar-refractivity contribution in [1.82, 2.24) is 4.90 Å². The van der Waals surface area contributed by atoms with Crippen LogP contribution in [0.5, 0.6) is 17.2 Å². The van der Waals surface area contributed by atoms with Crippen molar-refractivity contribution in [3.8, 4) is 17.2 Å². The van der Waals surface area contributed by atoms with E-state index in [1.807, 2.05) is 0 Å². The molecule has 3 aromatic rings. The lowest BCUT2D eigenvalue weighted by molar-refractivity contribution is -0.139. The van der Waals surface area contributed by atoms with Crippen molar-refractivity contribution in [3.05, 3.63) is 64.5 Å². The van der Waals surface area contributed by atoms with E-state index in [1.165, 1.54) is 54.5 Å². The Morgan fingerprint density at radius 3 is 2.41 bits per heavy atom. The first kappa shape index (κ1) is 25.7. The van der Waals surface area contributed by atoms with Crippen LogP contribution in [0.2, 0.25) is 0 Å². The predicted octanol–water partition coefficient (Wildman–Crippen LogP) is 4.68. The van der Waals surface area contributed by atoms with Crippen LogP contribution in [0.1, 0.15) is 44.0 Å². The van der Waals surface area contributed by atoms with E-state index < -0.39 is 35.1 Å². The molecule has 0 radical (unpaired) electrons. The van der Waals surface area contributed by atoms with Crippen LogP contribution >= 0.6 is 0 Å². The van der Waals surface area contributed by atoms with Crippen LogP contribution in [0.3, 0.4) is 0 Å². The van der Waals surface area contributed by atoms with Gasteiger partial charge in [0.25, 0.3) is 0 Å². The molecule has 1 aromatic heterocycles. The monoisotopic (exact) mass is 509 g/mol. The normalized spacial score (nSPS) is 15.4. The van der Waals surface area contributed by atoms with Crippen LogP contribution in [0.25, 0.3) is 11.0 Å². The van der Waals surface area contributed by atoms with Crippen LogP contribution in [0.4, 0.5) is 4.79 Å². The molecule has 37 heavy (non-hydrogen) atoms. The molecule has 2 aromatic carbocycles. The first-order valence-electron chi connectivity index (χ1n) is 11.7. The Morgan fingerprint density at radius 1 is 1.03 bits per heavy atom. The molecule has 0 N–H and O–H groups in total. The van der Waals surface area contributed by atoms with Crippen molar-refractivity contribution >= 4 is 29.0 Å². The molecule has 1 aliphatic rings. The van der Waals surface area contributed by atoms with Crippen LogP contribution in [-0.2, 0) is 14.3 Å². The number of ether oxygens (including phenoxy) is 4. The van der Waals surface area contributed by atoms with E-state index >= 15 is 0 Å². The minimum atomic E-state index is -0.765. The first-order valence-corrected chi connectivity index (χ1v) is 11.7. The Hall–Kier alpha value is -4.34. The Labute approximate surface area is 212 Å². The van der Waals surface area contributed by atoms with E-state index in [1.54, 1.807) is 20.8 Å². The average Bonchev–Trinajstić information content (AvgIpc) is 3.35. The standard InChI is InChI=1S/C27H27NO9/c1-27(2,3)37-26(32)28-13-5-6-20(28)25(31)36-18-11-12-19-21(14-18)34-15-22(23(19)29)35-17-9-7-16(8-10-17)24(30)33-4/h7-12,14-15,20H,5-6,13H2,1-4H3/t20-/m1/s1. The van der Waals surface area contributed by atoms with Crippen LogP contribution in [0.15, 0.2) is 57.9 Å². The fourth-order valence-corrected chi connectivity index (χ4v) is 3.86. The van der Waals surface area contributed by atoms with E-state index in [4.69, 9.17) is 18.6 Å². The summed E-state index contributed by atoms with van der Waals surface area (Å²) in [6.07, 6.45) is 1.71. The number of benzene rings is 2. The highest BCUT2D eigenvalue weighted by Crippen LogP contribution is 2.27. The minimum Gasteiger partial charge on any atom is -0.465 e. The van der Waals surface area contributed by atoms with Crippen LogP contribution in [-0.4, -0.2) is 48.2 Å².